The minimum atomic E-state index is 0.318. The smallest absolute Gasteiger partial charge is 0.526 e. The Bertz CT molecular complexity index is 606. The molecular formula is C14H10BCl4O4. The average Bonchev–Trinajstić information content (AvgIpc) is 2.46. The van der Waals surface area contributed by atoms with Gasteiger partial charge in [0.2, 0.25) is 0 Å². The molecule has 2 rings (SSSR count). The Morgan fingerprint density at radius 3 is 1.22 bits per heavy atom. The van der Waals surface area contributed by atoms with Crippen LogP contribution in [0.25, 0.3) is 0 Å². The van der Waals surface area contributed by atoms with E-state index < -0.39 is 0 Å². The molecule has 0 saturated heterocycles. The third kappa shape index (κ3) is 4.45. The zero-order valence-corrected chi connectivity index (χ0v) is 15.1. The molecule has 0 amide bonds. The van der Waals surface area contributed by atoms with Gasteiger partial charge in [-0.25, -0.2) is 0 Å². The maximum absolute atomic E-state index is 6.01. The van der Waals surface area contributed by atoms with Gasteiger partial charge < -0.3 is 18.8 Å². The van der Waals surface area contributed by atoms with Gasteiger partial charge in [0.15, 0.2) is 11.5 Å². The van der Waals surface area contributed by atoms with Gasteiger partial charge >= 0.3 is 7.69 Å². The quantitative estimate of drug-likeness (QED) is 0.622. The number of ether oxygens (including phenoxy) is 2. The second-order valence-corrected chi connectivity index (χ2v) is 5.80. The number of hydrogen-bond donors (Lipinski definition) is 0. The highest BCUT2D eigenvalue weighted by Crippen LogP contribution is 2.37. The molecule has 4 nitrogen and oxygen atoms in total. The SMILES string of the molecule is COc1c(Cl)cc(O[B]Oc2cc(Cl)c(OC)c(Cl)c2)cc1Cl. The van der Waals surface area contributed by atoms with E-state index in [2.05, 4.69) is 0 Å². The Hall–Kier alpha value is -1.14. The molecule has 0 fully saturated rings. The van der Waals surface area contributed by atoms with Crippen LogP contribution in [-0.4, -0.2) is 21.9 Å². The van der Waals surface area contributed by atoms with Crippen LogP contribution in [0.3, 0.4) is 0 Å². The van der Waals surface area contributed by atoms with E-state index in [4.69, 9.17) is 65.2 Å². The molecule has 0 heterocycles. The van der Waals surface area contributed by atoms with Crippen molar-refractivity contribution in [1.29, 1.82) is 0 Å². The lowest BCUT2D eigenvalue weighted by Crippen LogP contribution is -2.11. The molecule has 0 saturated carbocycles. The molecule has 0 aliphatic carbocycles. The van der Waals surface area contributed by atoms with Crippen LogP contribution in [0, 0.1) is 0 Å². The van der Waals surface area contributed by atoms with E-state index in [1.807, 2.05) is 0 Å². The van der Waals surface area contributed by atoms with E-state index in [0.717, 1.165) is 7.69 Å². The van der Waals surface area contributed by atoms with Crippen LogP contribution in [0.2, 0.25) is 20.1 Å². The number of rotatable bonds is 6. The Morgan fingerprint density at radius 2 is 0.957 bits per heavy atom. The Kier molecular flexibility index (Phi) is 6.42. The molecule has 0 atom stereocenters. The molecule has 9 heteroatoms. The van der Waals surface area contributed by atoms with Gasteiger partial charge in [-0.15, -0.1) is 0 Å². The lowest BCUT2D eigenvalue weighted by Gasteiger charge is -2.11. The molecule has 23 heavy (non-hydrogen) atoms. The third-order valence-corrected chi connectivity index (χ3v) is 3.84. The van der Waals surface area contributed by atoms with Gasteiger partial charge in [-0.2, -0.15) is 0 Å². The minimum Gasteiger partial charge on any atom is -0.526 e. The highest BCUT2D eigenvalue weighted by Gasteiger charge is 2.13. The van der Waals surface area contributed by atoms with Crippen molar-refractivity contribution < 1.29 is 18.8 Å². The van der Waals surface area contributed by atoms with Crippen LogP contribution >= 0.6 is 46.4 Å². The maximum Gasteiger partial charge on any atom is 0.658 e. The molecule has 0 spiro atoms. The second kappa shape index (κ2) is 8.11. The first-order valence-electron chi connectivity index (χ1n) is 6.17. The fourth-order valence-corrected chi connectivity index (χ4v) is 2.98. The largest absolute Gasteiger partial charge is 0.658 e. The van der Waals surface area contributed by atoms with Gasteiger partial charge in [0, 0.05) is 24.3 Å². The third-order valence-electron chi connectivity index (χ3n) is 2.72. The molecule has 0 aliphatic heterocycles. The van der Waals surface area contributed by atoms with Gasteiger partial charge in [0.1, 0.15) is 11.5 Å². The monoisotopic (exact) mass is 393 g/mol. The van der Waals surface area contributed by atoms with Crippen molar-refractivity contribution in [2.24, 2.45) is 0 Å². The predicted molar refractivity (Wildman–Crippen MR) is 93.0 cm³/mol. The lowest BCUT2D eigenvalue weighted by molar-refractivity contribution is 0.412. The van der Waals surface area contributed by atoms with Gasteiger partial charge in [0.05, 0.1) is 34.3 Å². The van der Waals surface area contributed by atoms with Gasteiger partial charge in [-0.05, 0) is 0 Å². The zero-order chi connectivity index (χ0) is 17.0. The Labute approximate surface area is 154 Å². The summed E-state index contributed by atoms with van der Waals surface area (Å²) in [4.78, 5) is 0. The molecular weight excluding hydrogens is 385 g/mol. The van der Waals surface area contributed by atoms with Crippen LogP contribution in [-0.2, 0) is 0 Å². The highest BCUT2D eigenvalue weighted by atomic mass is 35.5. The first-order valence-corrected chi connectivity index (χ1v) is 7.68. The van der Waals surface area contributed by atoms with Gasteiger partial charge in [-0.1, -0.05) is 46.4 Å². The van der Waals surface area contributed by atoms with E-state index in [1.54, 1.807) is 24.3 Å². The van der Waals surface area contributed by atoms with Gasteiger partial charge in [0.25, 0.3) is 0 Å². The Morgan fingerprint density at radius 1 is 0.652 bits per heavy atom. The fraction of sp³-hybridized carbons (Fsp3) is 0.143. The van der Waals surface area contributed by atoms with Crippen molar-refractivity contribution in [2.75, 3.05) is 14.2 Å². The lowest BCUT2D eigenvalue weighted by atomic mass is 10.2. The topological polar surface area (TPSA) is 36.9 Å². The summed E-state index contributed by atoms with van der Waals surface area (Å²) in [6.07, 6.45) is 0. The number of methoxy groups -OCH3 is 2. The zero-order valence-electron chi connectivity index (χ0n) is 12.0. The van der Waals surface area contributed by atoms with Crippen LogP contribution in [0.15, 0.2) is 24.3 Å². The molecule has 2 aromatic rings. The van der Waals surface area contributed by atoms with E-state index in [9.17, 15) is 0 Å². The van der Waals surface area contributed by atoms with Crippen LogP contribution in [0.5, 0.6) is 23.0 Å². The average molecular weight is 395 g/mol. The van der Waals surface area contributed by atoms with Gasteiger partial charge in [-0.3, -0.25) is 0 Å². The van der Waals surface area contributed by atoms with Crippen molar-refractivity contribution >= 4 is 54.1 Å². The second-order valence-electron chi connectivity index (χ2n) is 4.17. The van der Waals surface area contributed by atoms with Crippen molar-refractivity contribution in [3.05, 3.63) is 44.4 Å². The molecule has 121 valence electrons. The van der Waals surface area contributed by atoms with E-state index in [1.165, 1.54) is 14.2 Å². The number of hydrogen-bond acceptors (Lipinski definition) is 4. The highest BCUT2D eigenvalue weighted by molar-refractivity contribution is 6.38. The van der Waals surface area contributed by atoms with Crippen molar-refractivity contribution in [2.45, 2.75) is 0 Å². The summed E-state index contributed by atoms with van der Waals surface area (Å²) < 4.78 is 20.7. The predicted octanol–water partition coefficient (Wildman–Crippen LogP) is 5.31. The summed E-state index contributed by atoms with van der Waals surface area (Å²) in [6.45, 7) is 0. The molecule has 0 aliphatic rings. The number of benzene rings is 2. The molecule has 1 radical (unpaired) electrons. The first kappa shape index (κ1) is 18.2. The van der Waals surface area contributed by atoms with E-state index >= 15 is 0 Å². The summed E-state index contributed by atoms with van der Waals surface area (Å²) in [7, 11) is 4.04. The fourth-order valence-electron chi connectivity index (χ4n) is 1.73. The summed E-state index contributed by atoms with van der Waals surface area (Å²) >= 11 is 24.1. The number of halogens is 4. The molecule has 0 bridgehead atoms. The van der Waals surface area contributed by atoms with E-state index in [0.29, 0.717) is 43.1 Å². The van der Waals surface area contributed by atoms with Crippen molar-refractivity contribution in [3.8, 4) is 23.0 Å². The Balaban J connectivity index is 2.03. The molecule has 0 N–H and O–H groups in total. The molecule has 0 unspecified atom stereocenters. The maximum atomic E-state index is 6.01. The summed E-state index contributed by atoms with van der Waals surface area (Å²) in [5, 5.41) is 1.27. The standard InChI is InChI=1S/C14H10BCl4O4/c1-20-13-9(16)3-7(4-10(13)17)22-15-23-8-5-11(18)14(21-2)12(19)6-8/h3-6H,1-2H3. The van der Waals surface area contributed by atoms with E-state index in [-0.39, 0.29) is 0 Å². The van der Waals surface area contributed by atoms with Crippen LogP contribution in [0.1, 0.15) is 0 Å². The minimum absolute atomic E-state index is 0.318. The summed E-state index contributed by atoms with van der Waals surface area (Å²) in [5.41, 5.74) is 0. The van der Waals surface area contributed by atoms with Crippen molar-refractivity contribution in [3.63, 3.8) is 0 Å². The normalized spacial score (nSPS) is 10.2. The first-order chi connectivity index (χ1) is 11.0. The molecule has 0 aromatic heterocycles. The summed E-state index contributed by atoms with van der Waals surface area (Å²) in [6, 6.07) is 6.17. The van der Waals surface area contributed by atoms with Crippen molar-refractivity contribution in [1.82, 2.24) is 0 Å². The summed E-state index contributed by atoms with van der Waals surface area (Å²) in [5.74, 6) is 1.50. The van der Waals surface area contributed by atoms with Crippen LogP contribution < -0.4 is 18.8 Å². The van der Waals surface area contributed by atoms with Crippen LogP contribution in [0.4, 0.5) is 0 Å². The molecule has 2 aromatic carbocycles.